The number of halogens is 2. The lowest BCUT2D eigenvalue weighted by molar-refractivity contribution is 1.55. The molecule has 0 spiro atoms. The number of aliphatic imine (C=N–C) groups is 2. The zero-order valence-corrected chi connectivity index (χ0v) is 18.2. The molecule has 4 rings (SSSR count). The van der Waals surface area contributed by atoms with E-state index in [0.717, 1.165) is 39.5 Å². The molecule has 0 aliphatic rings. The third-order valence-corrected chi connectivity index (χ3v) is 6.84. The minimum atomic E-state index is 0.947. The van der Waals surface area contributed by atoms with Gasteiger partial charge in [0, 0.05) is 33.0 Å². The maximum absolute atomic E-state index is 4.69. The lowest BCUT2D eigenvalue weighted by Gasteiger charge is -2.04. The summed E-state index contributed by atoms with van der Waals surface area (Å²) < 4.78 is 2.21. The summed E-state index contributed by atoms with van der Waals surface area (Å²) in [5.41, 5.74) is 1.89. The van der Waals surface area contributed by atoms with E-state index < -0.39 is 0 Å². The van der Waals surface area contributed by atoms with Crippen LogP contribution in [-0.2, 0) is 0 Å². The van der Waals surface area contributed by atoms with Gasteiger partial charge < -0.3 is 0 Å². The predicted molar refractivity (Wildman–Crippen MR) is 122 cm³/mol. The first-order valence-electron chi connectivity index (χ1n) is 7.79. The highest BCUT2D eigenvalue weighted by molar-refractivity contribution is 9.11. The van der Waals surface area contributed by atoms with Crippen LogP contribution in [-0.4, -0.2) is 12.4 Å². The molecule has 0 aliphatic carbocycles. The number of benzene rings is 2. The maximum Gasteiger partial charge on any atom is 0.0709 e. The Hall–Kier alpha value is -1.60. The lowest BCUT2D eigenvalue weighted by Crippen LogP contribution is -1.78. The standard InChI is InChI=1S/C20H12Br2N2S2/c21-19-9-7-13(25-19)11-23-17-5-1-3-15-16(17)4-2-6-18(15)24-12-14-8-10-20(22)26-14/h1-12H. The Kier molecular flexibility index (Phi) is 5.45. The van der Waals surface area contributed by atoms with Crippen LogP contribution in [0.15, 0.2) is 78.2 Å². The first kappa shape index (κ1) is 17.8. The minimum absolute atomic E-state index is 0.947. The van der Waals surface area contributed by atoms with Crippen molar-refractivity contribution in [2.45, 2.75) is 0 Å². The molecule has 4 aromatic rings. The second kappa shape index (κ2) is 7.96. The fourth-order valence-electron chi connectivity index (χ4n) is 2.56. The molecule has 0 saturated heterocycles. The van der Waals surface area contributed by atoms with Crippen LogP contribution in [0.2, 0.25) is 0 Å². The molecule has 0 bridgehead atoms. The van der Waals surface area contributed by atoms with Crippen LogP contribution >= 0.6 is 54.5 Å². The molecule has 2 aromatic heterocycles. The van der Waals surface area contributed by atoms with Crippen molar-refractivity contribution in [1.29, 1.82) is 0 Å². The smallest absolute Gasteiger partial charge is 0.0709 e. The Bertz CT molecular complexity index is 1040. The average Bonchev–Trinajstić information content (AvgIpc) is 3.26. The zero-order chi connectivity index (χ0) is 17.9. The maximum atomic E-state index is 4.69. The Labute approximate surface area is 176 Å². The van der Waals surface area contributed by atoms with E-state index >= 15 is 0 Å². The molecule has 26 heavy (non-hydrogen) atoms. The first-order chi connectivity index (χ1) is 12.7. The van der Waals surface area contributed by atoms with E-state index in [0.29, 0.717) is 0 Å². The van der Waals surface area contributed by atoms with Crippen molar-refractivity contribution < 1.29 is 0 Å². The van der Waals surface area contributed by atoms with Crippen molar-refractivity contribution in [2.75, 3.05) is 0 Å². The van der Waals surface area contributed by atoms with Gasteiger partial charge in [-0.05, 0) is 68.3 Å². The second-order valence-corrected chi connectivity index (χ2v) is 10.4. The van der Waals surface area contributed by atoms with Gasteiger partial charge in [-0.25, -0.2) is 0 Å². The summed E-state index contributed by atoms with van der Waals surface area (Å²) >= 11 is 10.3. The summed E-state index contributed by atoms with van der Waals surface area (Å²) in [7, 11) is 0. The minimum Gasteiger partial charge on any atom is -0.255 e. The van der Waals surface area contributed by atoms with Gasteiger partial charge in [0.15, 0.2) is 0 Å². The number of rotatable bonds is 4. The van der Waals surface area contributed by atoms with Crippen LogP contribution in [0.3, 0.4) is 0 Å². The predicted octanol–water partition coefficient (Wildman–Crippen LogP) is 7.99. The summed E-state index contributed by atoms with van der Waals surface area (Å²) in [6, 6.07) is 20.5. The van der Waals surface area contributed by atoms with Gasteiger partial charge >= 0.3 is 0 Å². The molecule has 0 atom stereocenters. The number of fused-ring (bicyclic) bond motifs is 1. The molecule has 0 fully saturated rings. The summed E-state index contributed by atoms with van der Waals surface area (Å²) in [5.74, 6) is 0. The molecule has 0 radical (unpaired) electrons. The van der Waals surface area contributed by atoms with Gasteiger partial charge in [0.25, 0.3) is 0 Å². The largest absolute Gasteiger partial charge is 0.255 e. The molecule has 0 unspecified atom stereocenters. The van der Waals surface area contributed by atoms with Crippen molar-refractivity contribution >= 4 is 89.1 Å². The topological polar surface area (TPSA) is 24.7 Å². The van der Waals surface area contributed by atoms with E-state index in [1.807, 2.05) is 48.8 Å². The van der Waals surface area contributed by atoms with E-state index in [-0.39, 0.29) is 0 Å². The molecule has 0 saturated carbocycles. The SMILES string of the molecule is Brc1ccc(C=Nc2cccc3c(N=Cc4ccc(Br)s4)cccc23)s1. The molecule has 6 heteroatoms. The fraction of sp³-hybridized carbons (Fsp3) is 0. The van der Waals surface area contributed by atoms with Gasteiger partial charge in [0.2, 0.25) is 0 Å². The molecule has 2 heterocycles. The normalized spacial score (nSPS) is 11.9. The van der Waals surface area contributed by atoms with Crippen LogP contribution in [0.25, 0.3) is 10.8 Å². The number of nitrogens with zero attached hydrogens (tertiary/aromatic N) is 2. The van der Waals surface area contributed by atoms with Gasteiger partial charge in [-0.1, -0.05) is 24.3 Å². The van der Waals surface area contributed by atoms with Crippen LogP contribution in [0.4, 0.5) is 11.4 Å². The van der Waals surface area contributed by atoms with Gasteiger partial charge in [-0.2, -0.15) is 0 Å². The summed E-state index contributed by atoms with van der Waals surface area (Å²) in [4.78, 5) is 11.6. The molecule has 2 aromatic carbocycles. The van der Waals surface area contributed by atoms with Gasteiger partial charge in [-0.15, -0.1) is 22.7 Å². The third-order valence-electron chi connectivity index (χ3n) is 3.73. The summed E-state index contributed by atoms with van der Waals surface area (Å²) in [5, 5.41) is 2.20. The Morgan fingerprint density at radius 3 is 1.46 bits per heavy atom. The second-order valence-electron chi connectivity index (χ2n) is 5.45. The van der Waals surface area contributed by atoms with Crippen molar-refractivity contribution in [3.8, 4) is 0 Å². The molecule has 128 valence electrons. The monoisotopic (exact) mass is 502 g/mol. The van der Waals surface area contributed by atoms with E-state index in [4.69, 9.17) is 0 Å². The van der Waals surface area contributed by atoms with E-state index in [9.17, 15) is 0 Å². The molecule has 0 N–H and O–H groups in total. The lowest BCUT2D eigenvalue weighted by atomic mass is 10.1. The van der Waals surface area contributed by atoms with E-state index in [1.165, 1.54) is 0 Å². The van der Waals surface area contributed by atoms with Crippen molar-refractivity contribution in [1.82, 2.24) is 0 Å². The molecule has 0 aliphatic heterocycles. The highest BCUT2D eigenvalue weighted by Crippen LogP contribution is 2.33. The zero-order valence-electron chi connectivity index (χ0n) is 13.4. The molecule has 0 amide bonds. The van der Waals surface area contributed by atoms with Crippen LogP contribution in [0.1, 0.15) is 9.75 Å². The quantitative estimate of drug-likeness (QED) is 0.252. The third kappa shape index (κ3) is 4.04. The summed E-state index contributed by atoms with van der Waals surface area (Å²) in [6.45, 7) is 0. The highest BCUT2D eigenvalue weighted by Gasteiger charge is 2.04. The van der Waals surface area contributed by atoms with Crippen molar-refractivity contribution in [2.24, 2.45) is 9.98 Å². The van der Waals surface area contributed by atoms with Crippen LogP contribution in [0.5, 0.6) is 0 Å². The number of thiophene rings is 2. The Balaban J connectivity index is 1.70. The summed E-state index contributed by atoms with van der Waals surface area (Å²) in [6.07, 6.45) is 3.81. The molecule has 2 nitrogen and oxygen atoms in total. The van der Waals surface area contributed by atoms with Crippen LogP contribution < -0.4 is 0 Å². The van der Waals surface area contributed by atoms with Crippen molar-refractivity contribution in [3.63, 3.8) is 0 Å². The van der Waals surface area contributed by atoms with Gasteiger partial charge in [0.05, 0.1) is 18.9 Å². The average molecular weight is 504 g/mol. The first-order valence-corrected chi connectivity index (χ1v) is 11.0. The van der Waals surface area contributed by atoms with Crippen LogP contribution in [0, 0.1) is 0 Å². The highest BCUT2D eigenvalue weighted by atomic mass is 79.9. The Morgan fingerprint density at radius 2 is 1.08 bits per heavy atom. The van der Waals surface area contributed by atoms with Crippen molar-refractivity contribution in [3.05, 3.63) is 78.0 Å². The van der Waals surface area contributed by atoms with Gasteiger partial charge in [0.1, 0.15) is 0 Å². The Morgan fingerprint density at radius 1 is 0.615 bits per heavy atom. The fourth-order valence-corrected chi connectivity index (χ4v) is 5.15. The van der Waals surface area contributed by atoms with Gasteiger partial charge in [-0.3, -0.25) is 9.98 Å². The molecular weight excluding hydrogens is 492 g/mol. The van der Waals surface area contributed by atoms with E-state index in [1.54, 1.807) is 22.7 Å². The molecular formula is C20H12Br2N2S2. The van der Waals surface area contributed by atoms with E-state index in [2.05, 4.69) is 66.1 Å². The number of hydrogen-bond acceptors (Lipinski definition) is 4. The number of hydrogen-bond donors (Lipinski definition) is 0.